The average Bonchev–Trinajstić information content (AvgIpc) is 2.66. The fourth-order valence-corrected chi connectivity index (χ4v) is 1.85. The van der Waals surface area contributed by atoms with E-state index in [9.17, 15) is 18.0 Å². The van der Waals surface area contributed by atoms with Crippen LogP contribution >= 0.6 is 11.8 Å². The van der Waals surface area contributed by atoms with Gasteiger partial charge in [-0.05, 0) is 18.2 Å². The molecule has 0 unspecified atom stereocenters. The van der Waals surface area contributed by atoms with Crippen LogP contribution in [0.5, 0.6) is 0 Å². The van der Waals surface area contributed by atoms with Gasteiger partial charge < -0.3 is 11.1 Å². The van der Waals surface area contributed by atoms with Crippen molar-refractivity contribution < 1.29 is 18.0 Å². The highest BCUT2D eigenvalue weighted by atomic mass is 32.2. The number of nitrogen functional groups attached to an aromatic ring is 1. The minimum absolute atomic E-state index is 0.0282. The predicted octanol–water partition coefficient (Wildman–Crippen LogP) is 1.93. The number of aromatic amines is 1. The molecule has 108 valence electrons. The molecule has 1 rings (SSSR count). The van der Waals surface area contributed by atoms with E-state index in [0.29, 0.717) is 12.1 Å². The third kappa shape index (κ3) is 5.01. The van der Waals surface area contributed by atoms with Gasteiger partial charge in [-0.2, -0.15) is 18.3 Å². The zero-order valence-corrected chi connectivity index (χ0v) is 11.1. The summed E-state index contributed by atoms with van der Waals surface area (Å²) in [5.41, 5.74) is 2.38. The average molecular weight is 296 g/mol. The maximum Gasteiger partial charge on any atom is 0.441 e. The number of nitrogens with zero attached hydrogens (tertiary/aromatic N) is 1. The molecule has 5 nitrogen and oxygen atoms in total. The summed E-state index contributed by atoms with van der Waals surface area (Å²) in [7, 11) is 0. The summed E-state index contributed by atoms with van der Waals surface area (Å²) in [4.78, 5) is 11.6. The molecule has 0 bridgehead atoms. The van der Waals surface area contributed by atoms with Crippen LogP contribution in [0.2, 0.25) is 0 Å². The molecule has 0 aliphatic rings. The van der Waals surface area contributed by atoms with Crippen molar-refractivity contribution in [3.05, 3.63) is 11.4 Å². The maximum atomic E-state index is 11.9. The number of hydrogen-bond acceptors (Lipinski definition) is 4. The number of carbonyl (C=O) groups is 1. The van der Waals surface area contributed by atoms with E-state index in [1.807, 2.05) is 6.92 Å². The second-order valence-corrected chi connectivity index (χ2v) is 4.92. The summed E-state index contributed by atoms with van der Waals surface area (Å²) in [6, 6.07) is 0. The molecule has 0 aliphatic heterocycles. The molecule has 1 amide bonds. The van der Waals surface area contributed by atoms with E-state index in [0.717, 1.165) is 6.42 Å². The van der Waals surface area contributed by atoms with E-state index in [-0.39, 0.29) is 35.4 Å². The van der Waals surface area contributed by atoms with Crippen molar-refractivity contribution in [2.24, 2.45) is 0 Å². The molecule has 1 aromatic heterocycles. The van der Waals surface area contributed by atoms with E-state index in [2.05, 4.69) is 15.5 Å². The number of alkyl halides is 3. The number of rotatable bonds is 6. The van der Waals surface area contributed by atoms with Crippen LogP contribution in [-0.4, -0.2) is 33.9 Å². The molecule has 0 saturated heterocycles. The number of nitrogens with one attached hydrogen (secondary N) is 2. The first-order chi connectivity index (χ1) is 8.85. The number of anilines is 1. The molecular formula is C10H15F3N4OS. The first-order valence-electron chi connectivity index (χ1n) is 5.66. The smallest absolute Gasteiger partial charge is 0.395 e. The zero-order valence-electron chi connectivity index (χ0n) is 10.3. The van der Waals surface area contributed by atoms with E-state index >= 15 is 0 Å². The maximum absolute atomic E-state index is 11.9. The van der Waals surface area contributed by atoms with Crippen molar-refractivity contribution in [3.8, 4) is 0 Å². The van der Waals surface area contributed by atoms with E-state index in [4.69, 9.17) is 5.73 Å². The lowest BCUT2D eigenvalue weighted by molar-refractivity contribution is -0.0327. The molecule has 4 N–H and O–H groups in total. The van der Waals surface area contributed by atoms with Crippen LogP contribution in [0.15, 0.2) is 0 Å². The van der Waals surface area contributed by atoms with Crippen molar-refractivity contribution >= 4 is 23.4 Å². The van der Waals surface area contributed by atoms with Crippen LogP contribution in [0.1, 0.15) is 29.5 Å². The van der Waals surface area contributed by atoms with Gasteiger partial charge in [-0.15, -0.1) is 0 Å². The monoisotopic (exact) mass is 296 g/mol. The van der Waals surface area contributed by atoms with E-state index in [1.165, 1.54) is 0 Å². The van der Waals surface area contributed by atoms with Gasteiger partial charge in [-0.3, -0.25) is 9.89 Å². The molecule has 1 aromatic rings. The van der Waals surface area contributed by atoms with Gasteiger partial charge in [-0.25, -0.2) is 0 Å². The highest BCUT2D eigenvalue weighted by molar-refractivity contribution is 8.00. The Hall–Kier alpha value is -1.38. The number of H-pyrrole nitrogens is 1. The lowest BCUT2D eigenvalue weighted by atomic mass is 10.2. The van der Waals surface area contributed by atoms with Crippen LogP contribution in [0.4, 0.5) is 18.9 Å². The number of carbonyl (C=O) groups excluding carboxylic acids is 1. The van der Waals surface area contributed by atoms with Crippen LogP contribution < -0.4 is 11.1 Å². The summed E-state index contributed by atoms with van der Waals surface area (Å²) < 4.78 is 35.6. The SMILES string of the molecule is CCCc1[nH]nc(C(=O)NCCSC(F)(F)F)c1N. The van der Waals surface area contributed by atoms with Crippen LogP contribution in [0.3, 0.4) is 0 Å². The number of hydrogen-bond donors (Lipinski definition) is 3. The van der Waals surface area contributed by atoms with Gasteiger partial charge >= 0.3 is 5.51 Å². The van der Waals surface area contributed by atoms with Crippen molar-refractivity contribution in [1.82, 2.24) is 15.5 Å². The molecule has 0 spiro atoms. The van der Waals surface area contributed by atoms with Gasteiger partial charge in [0.1, 0.15) is 0 Å². The van der Waals surface area contributed by atoms with Crippen LogP contribution in [-0.2, 0) is 6.42 Å². The first kappa shape index (κ1) is 15.7. The number of aryl methyl sites for hydroxylation is 1. The third-order valence-electron chi connectivity index (χ3n) is 2.25. The second kappa shape index (κ2) is 6.69. The summed E-state index contributed by atoms with van der Waals surface area (Å²) in [5.74, 6) is -0.819. The number of halogens is 3. The lowest BCUT2D eigenvalue weighted by Crippen LogP contribution is -2.27. The summed E-state index contributed by atoms with van der Waals surface area (Å²) in [6.07, 6.45) is 1.51. The normalized spacial score (nSPS) is 11.6. The standard InChI is InChI=1S/C10H15F3N4OS/c1-2-3-6-7(14)8(17-16-6)9(18)15-4-5-19-10(11,12)13/h2-5,14H2,1H3,(H,15,18)(H,16,17). The number of amides is 1. The summed E-state index contributed by atoms with van der Waals surface area (Å²) >= 11 is -0.186. The molecule has 0 aliphatic carbocycles. The predicted molar refractivity (Wildman–Crippen MR) is 67.8 cm³/mol. The molecule has 19 heavy (non-hydrogen) atoms. The summed E-state index contributed by atoms with van der Waals surface area (Å²) in [6.45, 7) is 1.85. The van der Waals surface area contributed by atoms with Gasteiger partial charge in [0, 0.05) is 12.3 Å². The van der Waals surface area contributed by atoms with Crippen LogP contribution in [0.25, 0.3) is 0 Å². The van der Waals surface area contributed by atoms with Gasteiger partial charge in [0.2, 0.25) is 0 Å². The molecule has 0 saturated carbocycles. The first-order valence-corrected chi connectivity index (χ1v) is 6.65. The molecule has 0 atom stereocenters. The largest absolute Gasteiger partial charge is 0.441 e. The van der Waals surface area contributed by atoms with Crippen molar-refractivity contribution in [1.29, 1.82) is 0 Å². The topological polar surface area (TPSA) is 83.8 Å². The molecule has 9 heteroatoms. The Balaban J connectivity index is 2.46. The Morgan fingerprint density at radius 3 is 2.79 bits per heavy atom. The Labute approximate surface area is 112 Å². The fourth-order valence-electron chi connectivity index (χ4n) is 1.42. The number of nitrogens with two attached hydrogens (primary N) is 1. The molecule has 0 radical (unpaired) electrons. The highest BCUT2D eigenvalue weighted by Gasteiger charge is 2.27. The highest BCUT2D eigenvalue weighted by Crippen LogP contribution is 2.29. The lowest BCUT2D eigenvalue weighted by Gasteiger charge is -2.06. The van der Waals surface area contributed by atoms with Crippen molar-refractivity contribution in [2.45, 2.75) is 25.3 Å². The molecule has 0 aromatic carbocycles. The minimum Gasteiger partial charge on any atom is -0.395 e. The minimum atomic E-state index is -4.29. The Bertz CT molecular complexity index is 433. The zero-order chi connectivity index (χ0) is 14.5. The Morgan fingerprint density at radius 2 is 2.21 bits per heavy atom. The fraction of sp³-hybridized carbons (Fsp3) is 0.600. The van der Waals surface area contributed by atoms with Gasteiger partial charge in [-0.1, -0.05) is 13.3 Å². The van der Waals surface area contributed by atoms with Crippen molar-refractivity contribution in [3.63, 3.8) is 0 Å². The molecule has 1 heterocycles. The van der Waals surface area contributed by atoms with E-state index in [1.54, 1.807) is 0 Å². The van der Waals surface area contributed by atoms with Gasteiger partial charge in [0.25, 0.3) is 5.91 Å². The second-order valence-electron chi connectivity index (χ2n) is 3.76. The third-order valence-corrected chi connectivity index (χ3v) is 2.99. The van der Waals surface area contributed by atoms with Crippen molar-refractivity contribution in [2.75, 3.05) is 18.0 Å². The Morgan fingerprint density at radius 1 is 1.53 bits per heavy atom. The van der Waals surface area contributed by atoms with Gasteiger partial charge in [0.05, 0.1) is 11.4 Å². The van der Waals surface area contributed by atoms with Gasteiger partial charge in [0.15, 0.2) is 5.69 Å². The number of aromatic nitrogens is 2. The summed E-state index contributed by atoms with van der Waals surface area (Å²) in [5, 5.41) is 8.77. The molecule has 0 fully saturated rings. The molecular weight excluding hydrogens is 281 g/mol. The van der Waals surface area contributed by atoms with E-state index < -0.39 is 11.4 Å². The number of thioether (sulfide) groups is 1. The quantitative estimate of drug-likeness (QED) is 0.700. The Kier molecular flexibility index (Phi) is 5.52. The van der Waals surface area contributed by atoms with Crippen LogP contribution in [0, 0.1) is 0 Å².